The van der Waals surface area contributed by atoms with Crippen molar-refractivity contribution < 1.29 is 4.74 Å². The van der Waals surface area contributed by atoms with Crippen LogP contribution in [0, 0.1) is 5.92 Å². The number of aromatic nitrogens is 4. The fourth-order valence-electron chi connectivity index (χ4n) is 1.28. The number of ether oxygens (including phenoxy) is 1. The first-order chi connectivity index (χ1) is 6.92. The fraction of sp³-hybridized carbons (Fsp3) is 0.444. The summed E-state index contributed by atoms with van der Waals surface area (Å²) in [5, 5.41) is 11.8. The molecule has 1 saturated carbocycles. The molecule has 2 heterocycles. The van der Waals surface area contributed by atoms with Crippen LogP contribution in [0.15, 0.2) is 18.5 Å². The molecular weight excluding hydrogens is 180 g/mol. The Morgan fingerprint density at radius 1 is 1.43 bits per heavy atom. The highest BCUT2D eigenvalue weighted by atomic mass is 16.5. The minimum absolute atomic E-state index is 0.643. The van der Waals surface area contributed by atoms with Crippen LogP contribution < -0.4 is 4.74 Å². The van der Waals surface area contributed by atoms with Gasteiger partial charge in [0.2, 0.25) is 5.88 Å². The summed E-state index contributed by atoms with van der Waals surface area (Å²) >= 11 is 0. The maximum Gasteiger partial charge on any atom is 0.231 e. The SMILES string of the molecule is c1cc2nncn2nc1OCC1CC1. The lowest BCUT2D eigenvalue weighted by Crippen LogP contribution is -2.02. The molecule has 0 N–H and O–H groups in total. The van der Waals surface area contributed by atoms with Crippen LogP contribution in [-0.4, -0.2) is 26.4 Å². The number of fused-ring (bicyclic) bond motifs is 1. The van der Waals surface area contributed by atoms with E-state index in [1.54, 1.807) is 10.8 Å². The van der Waals surface area contributed by atoms with Gasteiger partial charge < -0.3 is 4.74 Å². The zero-order valence-corrected chi connectivity index (χ0v) is 7.63. The van der Waals surface area contributed by atoms with Crippen LogP contribution >= 0.6 is 0 Å². The Morgan fingerprint density at radius 3 is 3.21 bits per heavy atom. The van der Waals surface area contributed by atoms with Crippen molar-refractivity contribution in [3.8, 4) is 5.88 Å². The van der Waals surface area contributed by atoms with Crippen molar-refractivity contribution in [1.82, 2.24) is 19.8 Å². The van der Waals surface area contributed by atoms with Crippen molar-refractivity contribution in [2.24, 2.45) is 5.92 Å². The van der Waals surface area contributed by atoms with Gasteiger partial charge in [-0.25, -0.2) is 0 Å². The lowest BCUT2D eigenvalue weighted by molar-refractivity contribution is 0.284. The van der Waals surface area contributed by atoms with E-state index in [1.807, 2.05) is 12.1 Å². The van der Waals surface area contributed by atoms with Crippen LogP contribution in [0.4, 0.5) is 0 Å². The van der Waals surface area contributed by atoms with Gasteiger partial charge in [0.05, 0.1) is 6.61 Å². The van der Waals surface area contributed by atoms with E-state index in [-0.39, 0.29) is 0 Å². The van der Waals surface area contributed by atoms with E-state index >= 15 is 0 Å². The second-order valence-corrected chi connectivity index (χ2v) is 3.56. The molecule has 72 valence electrons. The molecule has 14 heavy (non-hydrogen) atoms. The third-order valence-corrected chi connectivity index (χ3v) is 2.30. The van der Waals surface area contributed by atoms with E-state index in [9.17, 15) is 0 Å². The highest BCUT2D eigenvalue weighted by Crippen LogP contribution is 2.29. The zero-order chi connectivity index (χ0) is 9.38. The number of hydrogen-bond acceptors (Lipinski definition) is 4. The standard InChI is InChI=1S/C9H10N4O/c1-2-7(1)5-14-9-4-3-8-11-10-6-13(8)12-9/h3-4,6-7H,1-2,5H2. The molecular formula is C9H10N4O. The molecule has 5 nitrogen and oxygen atoms in total. The Balaban J connectivity index is 1.81. The number of hydrogen-bond donors (Lipinski definition) is 0. The Hall–Kier alpha value is -1.65. The summed E-state index contributed by atoms with van der Waals surface area (Å²) in [6.45, 7) is 0.778. The minimum Gasteiger partial charge on any atom is -0.476 e. The summed E-state index contributed by atoms with van der Waals surface area (Å²) in [7, 11) is 0. The fourth-order valence-corrected chi connectivity index (χ4v) is 1.28. The van der Waals surface area contributed by atoms with Gasteiger partial charge in [-0.2, -0.15) is 4.52 Å². The van der Waals surface area contributed by atoms with Crippen molar-refractivity contribution >= 4 is 5.65 Å². The summed E-state index contributed by atoms with van der Waals surface area (Å²) in [6, 6.07) is 3.68. The third kappa shape index (κ3) is 1.41. The first kappa shape index (κ1) is 7.73. The summed E-state index contributed by atoms with van der Waals surface area (Å²) in [4.78, 5) is 0. The number of nitrogens with zero attached hydrogens (tertiary/aromatic N) is 4. The molecule has 0 saturated heterocycles. The Labute approximate surface area is 80.7 Å². The molecule has 1 aliphatic carbocycles. The predicted octanol–water partition coefficient (Wildman–Crippen LogP) is 0.913. The lowest BCUT2D eigenvalue weighted by Gasteiger charge is -2.02. The van der Waals surface area contributed by atoms with Crippen molar-refractivity contribution in [3.05, 3.63) is 18.5 Å². The van der Waals surface area contributed by atoms with Crippen LogP contribution in [0.5, 0.6) is 5.88 Å². The minimum atomic E-state index is 0.643. The molecule has 0 unspecified atom stereocenters. The van der Waals surface area contributed by atoms with Crippen LogP contribution in [0.1, 0.15) is 12.8 Å². The van der Waals surface area contributed by atoms with Crippen molar-refractivity contribution in [3.63, 3.8) is 0 Å². The Morgan fingerprint density at radius 2 is 2.36 bits per heavy atom. The molecule has 0 spiro atoms. The molecule has 5 heteroatoms. The summed E-state index contributed by atoms with van der Waals surface area (Å²) in [5.41, 5.74) is 0.740. The Bertz CT molecular complexity index is 449. The first-order valence-corrected chi connectivity index (χ1v) is 4.72. The maximum absolute atomic E-state index is 5.52. The largest absolute Gasteiger partial charge is 0.476 e. The van der Waals surface area contributed by atoms with Crippen LogP contribution in [0.2, 0.25) is 0 Å². The highest BCUT2D eigenvalue weighted by molar-refractivity contribution is 5.35. The third-order valence-electron chi connectivity index (χ3n) is 2.30. The molecule has 0 amide bonds. The monoisotopic (exact) mass is 190 g/mol. The van der Waals surface area contributed by atoms with E-state index in [0.717, 1.165) is 18.2 Å². The molecule has 0 aromatic carbocycles. The summed E-state index contributed by atoms with van der Waals surface area (Å²) in [6.07, 6.45) is 4.14. The highest BCUT2D eigenvalue weighted by Gasteiger charge is 2.22. The maximum atomic E-state index is 5.52. The molecule has 2 aromatic heterocycles. The molecule has 0 aliphatic heterocycles. The summed E-state index contributed by atoms with van der Waals surface area (Å²) < 4.78 is 7.13. The van der Waals surface area contributed by atoms with Gasteiger partial charge in [-0.15, -0.1) is 15.3 Å². The van der Waals surface area contributed by atoms with Gasteiger partial charge in [0, 0.05) is 6.07 Å². The van der Waals surface area contributed by atoms with Crippen LogP contribution in [0.3, 0.4) is 0 Å². The first-order valence-electron chi connectivity index (χ1n) is 4.72. The average Bonchev–Trinajstić information content (AvgIpc) is 2.92. The summed E-state index contributed by atoms with van der Waals surface area (Å²) in [5.74, 6) is 1.39. The van der Waals surface area contributed by atoms with E-state index in [1.165, 1.54) is 12.8 Å². The van der Waals surface area contributed by atoms with Gasteiger partial charge >= 0.3 is 0 Å². The van der Waals surface area contributed by atoms with E-state index in [0.29, 0.717) is 5.88 Å². The molecule has 1 fully saturated rings. The number of rotatable bonds is 3. The zero-order valence-electron chi connectivity index (χ0n) is 7.63. The van der Waals surface area contributed by atoms with E-state index in [4.69, 9.17) is 4.74 Å². The molecule has 1 aliphatic rings. The quantitative estimate of drug-likeness (QED) is 0.722. The van der Waals surface area contributed by atoms with E-state index < -0.39 is 0 Å². The van der Waals surface area contributed by atoms with E-state index in [2.05, 4.69) is 15.3 Å². The van der Waals surface area contributed by atoms with Crippen molar-refractivity contribution in [2.75, 3.05) is 6.61 Å². The van der Waals surface area contributed by atoms with Gasteiger partial charge in [0.1, 0.15) is 6.33 Å². The van der Waals surface area contributed by atoms with Gasteiger partial charge in [0.15, 0.2) is 5.65 Å². The van der Waals surface area contributed by atoms with Gasteiger partial charge in [-0.3, -0.25) is 0 Å². The van der Waals surface area contributed by atoms with Gasteiger partial charge in [-0.05, 0) is 24.8 Å². The second kappa shape index (κ2) is 2.94. The van der Waals surface area contributed by atoms with Crippen LogP contribution in [-0.2, 0) is 0 Å². The molecule has 3 rings (SSSR count). The molecule has 2 aromatic rings. The smallest absolute Gasteiger partial charge is 0.231 e. The second-order valence-electron chi connectivity index (χ2n) is 3.56. The van der Waals surface area contributed by atoms with Gasteiger partial charge in [0.25, 0.3) is 0 Å². The molecule has 0 atom stereocenters. The van der Waals surface area contributed by atoms with Crippen LogP contribution in [0.25, 0.3) is 5.65 Å². The normalized spacial score (nSPS) is 16.0. The topological polar surface area (TPSA) is 52.3 Å². The van der Waals surface area contributed by atoms with Crippen molar-refractivity contribution in [1.29, 1.82) is 0 Å². The lowest BCUT2D eigenvalue weighted by atomic mass is 10.5. The van der Waals surface area contributed by atoms with Crippen molar-refractivity contribution in [2.45, 2.75) is 12.8 Å². The molecule has 0 bridgehead atoms. The van der Waals surface area contributed by atoms with Gasteiger partial charge in [-0.1, -0.05) is 0 Å². The molecule has 0 radical (unpaired) electrons. The average molecular weight is 190 g/mol. The predicted molar refractivity (Wildman–Crippen MR) is 49.0 cm³/mol. The Kier molecular flexibility index (Phi) is 1.62.